The maximum atomic E-state index is 12.8. The molecule has 2 aromatic heterocycles. The van der Waals surface area contributed by atoms with Crippen molar-refractivity contribution >= 4 is 22.3 Å². The zero-order chi connectivity index (χ0) is 23.3. The highest BCUT2D eigenvalue weighted by atomic mass is 32.1. The molecule has 0 spiro atoms. The summed E-state index contributed by atoms with van der Waals surface area (Å²) in [6.07, 6.45) is 4.11. The Hall–Kier alpha value is -3.65. The minimum Gasteiger partial charge on any atom is -0.490 e. The first-order valence-electron chi connectivity index (χ1n) is 11.3. The average molecular weight is 477 g/mol. The van der Waals surface area contributed by atoms with Gasteiger partial charge in [0.15, 0.2) is 4.96 Å². The fourth-order valence-electron chi connectivity index (χ4n) is 4.02. The van der Waals surface area contributed by atoms with Gasteiger partial charge in [-0.05, 0) is 49.9 Å². The van der Waals surface area contributed by atoms with Gasteiger partial charge in [-0.15, -0.1) is 11.3 Å². The van der Waals surface area contributed by atoms with E-state index in [1.807, 2.05) is 30.3 Å². The molecule has 4 aromatic rings. The van der Waals surface area contributed by atoms with Crippen LogP contribution in [-0.2, 0) is 24.2 Å². The van der Waals surface area contributed by atoms with Gasteiger partial charge in [0.05, 0.1) is 5.69 Å². The summed E-state index contributed by atoms with van der Waals surface area (Å²) < 4.78 is 18.6. The molecule has 0 atom stereocenters. The number of hydrogen-bond acceptors (Lipinski definition) is 7. The van der Waals surface area contributed by atoms with E-state index in [2.05, 4.69) is 4.98 Å². The highest BCUT2D eigenvalue weighted by molar-refractivity contribution is 7.17. The third-order valence-electron chi connectivity index (χ3n) is 5.63. The van der Waals surface area contributed by atoms with E-state index in [0.29, 0.717) is 28.6 Å². The summed E-state index contributed by atoms with van der Waals surface area (Å²) in [5.41, 5.74) is 1.70. The summed E-state index contributed by atoms with van der Waals surface area (Å²) in [5, 5.41) is 0. The molecule has 174 valence electrons. The van der Waals surface area contributed by atoms with Gasteiger partial charge in [-0.25, -0.2) is 9.78 Å². The number of carbonyl (C=O) groups excluding carboxylic acids is 1. The molecule has 0 saturated carbocycles. The largest absolute Gasteiger partial charge is 0.490 e. The Bertz CT molecular complexity index is 1360. The van der Waals surface area contributed by atoms with Crippen LogP contribution in [0.4, 0.5) is 0 Å². The zero-order valence-corrected chi connectivity index (χ0v) is 19.4. The van der Waals surface area contributed by atoms with Crippen molar-refractivity contribution in [3.05, 3.63) is 92.8 Å². The summed E-state index contributed by atoms with van der Waals surface area (Å²) in [6, 6.07) is 17.8. The second-order valence-corrected chi connectivity index (χ2v) is 9.03. The van der Waals surface area contributed by atoms with Crippen LogP contribution in [0.15, 0.2) is 65.5 Å². The highest BCUT2D eigenvalue weighted by Gasteiger charge is 2.19. The van der Waals surface area contributed by atoms with Crippen LogP contribution < -0.4 is 15.0 Å². The molecule has 8 heteroatoms. The van der Waals surface area contributed by atoms with Gasteiger partial charge < -0.3 is 14.2 Å². The second kappa shape index (κ2) is 10.1. The number of hydrogen-bond donors (Lipinski definition) is 0. The molecule has 0 bridgehead atoms. The number of para-hydroxylation sites is 2. The lowest BCUT2D eigenvalue weighted by Gasteiger charge is -2.12. The predicted molar refractivity (Wildman–Crippen MR) is 129 cm³/mol. The minimum atomic E-state index is -0.535. The van der Waals surface area contributed by atoms with Gasteiger partial charge in [0.25, 0.3) is 5.56 Å². The summed E-state index contributed by atoms with van der Waals surface area (Å²) in [6.45, 7) is 0.530. The Kier molecular flexibility index (Phi) is 6.58. The van der Waals surface area contributed by atoms with Crippen LogP contribution in [0.2, 0.25) is 0 Å². The van der Waals surface area contributed by atoms with Crippen molar-refractivity contribution in [2.45, 2.75) is 32.3 Å². The summed E-state index contributed by atoms with van der Waals surface area (Å²) in [5.74, 6) is 0.636. The number of thiazole rings is 1. The van der Waals surface area contributed by atoms with E-state index >= 15 is 0 Å². The van der Waals surface area contributed by atoms with Crippen LogP contribution in [-0.4, -0.2) is 28.6 Å². The average Bonchev–Trinajstić information content (AvgIpc) is 3.25. The van der Waals surface area contributed by atoms with E-state index in [-0.39, 0.29) is 18.8 Å². The van der Waals surface area contributed by atoms with E-state index in [1.54, 1.807) is 40.0 Å². The molecule has 1 aliphatic carbocycles. The van der Waals surface area contributed by atoms with Crippen LogP contribution in [0.3, 0.4) is 0 Å². The molecule has 0 N–H and O–H groups in total. The van der Waals surface area contributed by atoms with Crippen LogP contribution in [0.1, 0.15) is 39.5 Å². The zero-order valence-electron chi connectivity index (χ0n) is 18.6. The van der Waals surface area contributed by atoms with Gasteiger partial charge in [0.1, 0.15) is 36.9 Å². The number of aryl methyl sites for hydroxylation is 2. The van der Waals surface area contributed by atoms with Crippen molar-refractivity contribution in [2.75, 3.05) is 13.2 Å². The van der Waals surface area contributed by atoms with Gasteiger partial charge in [0.2, 0.25) is 0 Å². The first-order chi connectivity index (χ1) is 16.7. The second-order valence-electron chi connectivity index (χ2n) is 7.97. The third-order valence-corrected chi connectivity index (χ3v) is 6.77. The first-order valence-corrected chi connectivity index (χ1v) is 12.1. The fraction of sp³-hybridized carbons (Fsp3) is 0.269. The molecule has 0 saturated heterocycles. The number of fused-ring (bicyclic) bond motifs is 3. The number of esters is 1. The monoisotopic (exact) mass is 476 g/mol. The smallest absolute Gasteiger partial charge is 0.342 e. The van der Waals surface area contributed by atoms with E-state index < -0.39 is 5.97 Å². The number of benzene rings is 2. The van der Waals surface area contributed by atoms with Crippen molar-refractivity contribution in [1.82, 2.24) is 9.38 Å². The predicted octanol–water partition coefficient (Wildman–Crippen LogP) is 4.45. The van der Waals surface area contributed by atoms with Gasteiger partial charge in [-0.3, -0.25) is 9.20 Å². The number of carbonyl (C=O) groups is 1. The Morgan fingerprint density at radius 3 is 2.62 bits per heavy atom. The van der Waals surface area contributed by atoms with Gasteiger partial charge in [0, 0.05) is 16.6 Å². The Morgan fingerprint density at radius 1 is 0.971 bits per heavy atom. The van der Waals surface area contributed by atoms with Crippen molar-refractivity contribution < 1.29 is 19.0 Å². The Labute approximate surface area is 200 Å². The molecule has 5 rings (SSSR count). The van der Waals surface area contributed by atoms with Crippen molar-refractivity contribution in [3.8, 4) is 11.5 Å². The molecule has 7 nitrogen and oxygen atoms in total. The fourth-order valence-corrected chi connectivity index (χ4v) is 5.25. The summed E-state index contributed by atoms with van der Waals surface area (Å²) in [4.78, 5) is 31.9. The lowest BCUT2D eigenvalue weighted by molar-refractivity contribution is 0.0462. The molecule has 0 radical (unpaired) electrons. The van der Waals surface area contributed by atoms with Crippen LogP contribution in [0.25, 0.3) is 4.96 Å². The van der Waals surface area contributed by atoms with Crippen molar-refractivity contribution in [1.29, 1.82) is 0 Å². The Morgan fingerprint density at radius 2 is 1.74 bits per heavy atom. The standard InChI is InChI=1S/C26H24N2O5S/c29-24-16-18(27-26-28(24)21-11-5-7-13-23(21)34-26)17-33-25(30)20-10-4-6-12-22(20)32-15-14-31-19-8-2-1-3-9-19/h1-4,6,8-10,12,16H,5,7,11,13-15,17H2. The number of aromatic nitrogens is 2. The maximum Gasteiger partial charge on any atom is 0.342 e. The lowest BCUT2D eigenvalue weighted by Crippen LogP contribution is -2.19. The molecule has 0 unspecified atom stereocenters. The van der Waals surface area contributed by atoms with Gasteiger partial charge in [-0.1, -0.05) is 30.3 Å². The van der Waals surface area contributed by atoms with Crippen molar-refractivity contribution in [3.63, 3.8) is 0 Å². The topological polar surface area (TPSA) is 79.1 Å². The van der Waals surface area contributed by atoms with E-state index in [1.165, 1.54) is 10.9 Å². The maximum absolute atomic E-state index is 12.8. The SMILES string of the molecule is O=C(OCc1cc(=O)n2c3c(sc2n1)CCCC3)c1ccccc1OCCOc1ccccc1. The molecular formula is C26H24N2O5S. The molecule has 2 heterocycles. The van der Waals surface area contributed by atoms with Gasteiger partial charge >= 0.3 is 5.97 Å². The highest BCUT2D eigenvalue weighted by Crippen LogP contribution is 2.28. The summed E-state index contributed by atoms with van der Waals surface area (Å²) >= 11 is 1.55. The van der Waals surface area contributed by atoms with Crippen LogP contribution in [0.5, 0.6) is 11.5 Å². The third kappa shape index (κ3) is 4.82. The molecule has 34 heavy (non-hydrogen) atoms. The molecule has 0 fully saturated rings. The first kappa shape index (κ1) is 22.2. The number of nitrogens with zero attached hydrogens (tertiary/aromatic N) is 2. The van der Waals surface area contributed by atoms with E-state index in [9.17, 15) is 9.59 Å². The molecule has 2 aromatic carbocycles. The molecule has 0 amide bonds. The number of rotatable bonds is 8. The molecule has 0 aliphatic heterocycles. The van der Waals surface area contributed by atoms with Crippen LogP contribution >= 0.6 is 11.3 Å². The van der Waals surface area contributed by atoms with E-state index in [4.69, 9.17) is 14.2 Å². The molecular weight excluding hydrogens is 452 g/mol. The summed E-state index contributed by atoms with van der Waals surface area (Å²) in [7, 11) is 0. The van der Waals surface area contributed by atoms with Crippen molar-refractivity contribution in [2.24, 2.45) is 0 Å². The van der Waals surface area contributed by atoms with Crippen LogP contribution in [0, 0.1) is 0 Å². The molecule has 1 aliphatic rings. The lowest BCUT2D eigenvalue weighted by atomic mass is 10.0. The quantitative estimate of drug-likeness (QED) is 0.276. The normalized spacial score (nSPS) is 12.8. The van der Waals surface area contributed by atoms with Gasteiger partial charge in [-0.2, -0.15) is 0 Å². The minimum absolute atomic E-state index is 0.0847. The number of ether oxygens (including phenoxy) is 3. The van der Waals surface area contributed by atoms with E-state index in [0.717, 1.165) is 37.1 Å². The Balaban J connectivity index is 1.22.